The van der Waals surface area contributed by atoms with E-state index in [-0.39, 0.29) is 0 Å². The van der Waals surface area contributed by atoms with Crippen molar-refractivity contribution in [2.24, 2.45) is 0 Å². The third-order valence-electron chi connectivity index (χ3n) is 3.54. The summed E-state index contributed by atoms with van der Waals surface area (Å²) in [4.78, 5) is 8.57. The molecule has 0 atom stereocenters. The second-order valence-electron chi connectivity index (χ2n) is 4.92. The van der Waals surface area contributed by atoms with Crippen LogP contribution in [0.3, 0.4) is 0 Å². The van der Waals surface area contributed by atoms with E-state index >= 15 is 0 Å². The van der Waals surface area contributed by atoms with E-state index in [0.29, 0.717) is 6.04 Å². The van der Waals surface area contributed by atoms with Crippen LogP contribution in [0.25, 0.3) is 10.8 Å². The molecule has 94 valence electrons. The molecule has 1 aliphatic rings. The highest BCUT2D eigenvalue weighted by atomic mass is 15.2. The Morgan fingerprint density at radius 3 is 3.00 bits per heavy atom. The van der Waals surface area contributed by atoms with E-state index in [4.69, 9.17) is 0 Å². The van der Waals surface area contributed by atoms with Gasteiger partial charge in [-0.2, -0.15) is 0 Å². The Morgan fingerprint density at radius 1 is 1.16 bits per heavy atom. The van der Waals surface area contributed by atoms with Crippen LogP contribution >= 0.6 is 0 Å². The molecule has 4 heteroatoms. The van der Waals surface area contributed by atoms with Crippen LogP contribution in [0.2, 0.25) is 0 Å². The lowest BCUT2D eigenvalue weighted by molar-refractivity contribution is 0.751. The molecule has 1 fully saturated rings. The average molecular weight is 250 g/mol. The lowest BCUT2D eigenvalue weighted by atomic mass is 10.1. The number of imidazole rings is 1. The third kappa shape index (κ3) is 1.85. The van der Waals surface area contributed by atoms with Gasteiger partial charge in [-0.15, -0.1) is 0 Å². The second-order valence-corrected chi connectivity index (χ2v) is 4.92. The Kier molecular flexibility index (Phi) is 2.27. The zero-order chi connectivity index (χ0) is 12.7. The first-order valence-corrected chi connectivity index (χ1v) is 6.54. The highest BCUT2D eigenvalue weighted by molar-refractivity contribution is 5.94. The summed E-state index contributed by atoms with van der Waals surface area (Å²) < 4.78 is 2.22. The van der Waals surface area contributed by atoms with Crippen molar-refractivity contribution < 1.29 is 0 Å². The largest absolute Gasteiger partial charge is 0.325 e. The van der Waals surface area contributed by atoms with Crippen LogP contribution in [-0.2, 0) is 0 Å². The zero-order valence-electron chi connectivity index (χ0n) is 10.5. The summed E-state index contributed by atoms with van der Waals surface area (Å²) in [5.74, 6) is 0.923. The SMILES string of the molecule is c1cc(Nc2nccn2C2CC2)c2ccncc2c1. The molecule has 4 nitrogen and oxygen atoms in total. The number of aromatic nitrogens is 3. The highest BCUT2D eigenvalue weighted by Gasteiger charge is 2.25. The van der Waals surface area contributed by atoms with Crippen molar-refractivity contribution in [3.63, 3.8) is 0 Å². The van der Waals surface area contributed by atoms with Gasteiger partial charge in [0.1, 0.15) is 0 Å². The molecule has 19 heavy (non-hydrogen) atoms. The van der Waals surface area contributed by atoms with Crippen molar-refractivity contribution >= 4 is 22.4 Å². The Labute approximate surface area is 111 Å². The molecule has 0 spiro atoms. The molecular formula is C15H14N4. The van der Waals surface area contributed by atoms with Gasteiger partial charge < -0.3 is 9.88 Å². The number of hydrogen-bond donors (Lipinski definition) is 1. The van der Waals surface area contributed by atoms with Crippen molar-refractivity contribution in [1.82, 2.24) is 14.5 Å². The summed E-state index contributed by atoms with van der Waals surface area (Å²) in [6, 6.07) is 8.84. The first-order valence-electron chi connectivity index (χ1n) is 6.54. The van der Waals surface area contributed by atoms with Crippen LogP contribution in [-0.4, -0.2) is 14.5 Å². The zero-order valence-corrected chi connectivity index (χ0v) is 10.5. The summed E-state index contributed by atoms with van der Waals surface area (Å²) in [5, 5.41) is 5.75. The molecule has 3 aromatic rings. The number of pyridine rings is 1. The molecule has 0 amide bonds. The number of rotatable bonds is 3. The van der Waals surface area contributed by atoms with Gasteiger partial charge in [-0.25, -0.2) is 4.98 Å². The lowest BCUT2D eigenvalue weighted by Crippen LogP contribution is -2.01. The summed E-state index contributed by atoms with van der Waals surface area (Å²) in [6.45, 7) is 0. The summed E-state index contributed by atoms with van der Waals surface area (Å²) in [7, 11) is 0. The van der Waals surface area contributed by atoms with Gasteiger partial charge >= 0.3 is 0 Å². The summed E-state index contributed by atoms with van der Waals surface area (Å²) >= 11 is 0. The molecule has 1 N–H and O–H groups in total. The summed E-state index contributed by atoms with van der Waals surface area (Å²) in [5.41, 5.74) is 1.08. The average Bonchev–Trinajstić information content (AvgIpc) is 3.20. The molecule has 0 bridgehead atoms. The maximum Gasteiger partial charge on any atom is 0.207 e. The van der Waals surface area contributed by atoms with Gasteiger partial charge in [-0.1, -0.05) is 12.1 Å². The second kappa shape index (κ2) is 4.09. The number of nitrogens with one attached hydrogen (secondary N) is 1. The Bertz CT molecular complexity index is 722. The first-order chi connectivity index (χ1) is 9.42. The number of anilines is 2. The molecule has 2 aromatic heterocycles. The van der Waals surface area contributed by atoms with E-state index in [1.807, 2.05) is 36.9 Å². The quantitative estimate of drug-likeness (QED) is 0.773. The standard InChI is InChI=1S/C15H14N4/c1-2-11-10-16-7-6-13(11)14(3-1)18-15-17-8-9-19(15)12-4-5-12/h1-3,6-10,12H,4-5H2,(H,17,18). The van der Waals surface area contributed by atoms with Crippen molar-refractivity contribution in [1.29, 1.82) is 0 Å². The van der Waals surface area contributed by atoms with Gasteiger partial charge in [0.2, 0.25) is 5.95 Å². The number of benzene rings is 1. The maximum atomic E-state index is 4.42. The van der Waals surface area contributed by atoms with Crippen LogP contribution in [0.1, 0.15) is 18.9 Å². The van der Waals surface area contributed by atoms with Crippen molar-refractivity contribution in [2.45, 2.75) is 18.9 Å². The Morgan fingerprint density at radius 2 is 2.11 bits per heavy atom. The highest BCUT2D eigenvalue weighted by Crippen LogP contribution is 2.37. The van der Waals surface area contributed by atoms with Crippen molar-refractivity contribution in [3.05, 3.63) is 49.1 Å². The minimum Gasteiger partial charge on any atom is -0.325 e. The van der Waals surface area contributed by atoms with Crippen LogP contribution in [0.15, 0.2) is 49.1 Å². The fraction of sp³-hybridized carbons (Fsp3) is 0.200. The molecule has 0 aliphatic heterocycles. The first kappa shape index (κ1) is 10.6. The van der Waals surface area contributed by atoms with E-state index in [9.17, 15) is 0 Å². The van der Waals surface area contributed by atoms with Gasteiger partial charge in [0.15, 0.2) is 0 Å². The molecule has 1 saturated carbocycles. The van der Waals surface area contributed by atoms with Crippen molar-refractivity contribution in [3.8, 4) is 0 Å². The fourth-order valence-electron chi connectivity index (χ4n) is 2.41. The van der Waals surface area contributed by atoms with Gasteiger partial charge in [0.05, 0.1) is 0 Å². The van der Waals surface area contributed by atoms with E-state index in [1.54, 1.807) is 0 Å². The van der Waals surface area contributed by atoms with E-state index in [0.717, 1.165) is 17.0 Å². The molecule has 2 heterocycles. The van der Waals surface area contributed by atoms with Crippen LogP contribution in [0.5, 0.6) is 0 Å². The monoisotopic (exact) mass is 250 g/mol. The third-order valence-corrected chi connectivity index (χ3v) is 3.54. The molecule has 0 saturated heterocycles. The molecule has 0 unspecified atom stereocenters. The molecular weight excluding hydrogens is 236 g/mol. The van der Waals surface area contributed by atoms with Gasteiger partial charge in [0.25, 0.3) is 0 Å². The minimum absolute atomic E-state index is 0.627. The predicted octanol–water partition coefficient (Wildman–Crippen LogP) is 3.51. The number of hydrogen-bond acceptors (Lipinski definition) is 3. The van der Waals surface area contributed by atoms with Crippen molar-refractivity contribution in [2.75, 3.05) is 5.32 Å². The number of nitrogens with zero attached hydrogens (tertiary/aromatic N) is 3. The van der Waals surface area contributed by atoms with Crippen LogP contribution in [0, 0.1) is 0 Å². The minimum atomic E-state index is 0.627. The van der Waals surface area contributed by atoms with Gasteiger partial charge in [0, 0.05) is 47.3 Å². The van der Waals surface area contributed by atoms with Gasteiger partial charge in [-0.3, -0.25) is 4.98 Å². The summed E-state index contributed by atoms with van der Waals surface area (Å²) in [6.07, 6.45) is 10.1. The Balaban J connectivity index is 1.76. The fourth-order valence-corrected chi connectivity index (χ4v) is 2.41. The topological polar surface area (TPSA) is 42.7 Å². The molecule has 1 aromatic carbocycles. The lowest BCUT2D eigenvalue weighted by Gasteiger charge is -2.11. The smallest absolute Gasteiger partial charge is 0.207 e. The van der Waals surface area contributed by atoms with Gasteiger partial charge in [-0.05, 0) is 25.0 Å². The number of fused-ring (bicyclic) bond motifs is 1. The molecule has 4 rings (SSSR count). The maximum absolute atomic E-state index is 4.42. The van der Waals surface area contributed by atoms with E-state index < -0.39 is 0 Å². The molecule has 0 radical (unpaired) electrons. The van der Waals surface area contributed by atoms with Crippen LogP contribution in [0.4, 0.5) is 11.6 Å². The van der Waals surface area contributed by atoms with E-state index in [2.05, 4.69) is 32.0 Å². The van der Waals surface area contributed by atoms with E-state index in [1.165, 1.54) is 18.2 Å². The molecule has 1 aliphatic carbocycles. The Hall–Kier alpha value is -2.36. The normalized spacial score (nSPS) is 14.7. The van der Waals surface area contributed by atoms with Crippen LogP contribution < -0.4 is 5.32 Å². The predicted molar refractivity (Wildman–Crippen MR) is 75.5 cm³/mol.